The fourth-order valence-electron chi connectivity index (χ4n) is 2.66. The molecule has 1 amide bonds. The van der Waals surface area contributed by atoms with Crippen molar-refractivity contribution in [1.29, 1.82) is 0 Å². The number of hydrogen-bond donors (Lipinski definition) is 1. The molecule has 25 heavy (non-hydrogen) atoms. The number of pyridine rings is 1. The maximum atomic E-state index is 14.0. The van der Waals surface area contributed by atoms with E-state index < -0.39 is 11.7 Å². The van der Waals surface area contributed by atoms with Gasteiger partial charge >= 0.3 is 0 Å². The first-order valence-electron chi connectivity index (χ1n) is 8.06. The van der Waals surface area contributed by atoms with Crippen molar-refractivity contribution in [2.24, 2.45) is 0 Å². The summed E-state index contributed by atoms with van der Waals surface area (Å²) in [7, 11) is 0. The number of rotatable bonds is 4. The van der Waals surface area contributed by atoms with Crippen molar-refractivity contribution in [2.45, 2.75) is 25.8 Å². The molecule has 2 heterocycles. The van der Waals surface area contributed by atoms with Crippen LogP contribution in [0.15, 0.2) is 42.7 Å². The average molecular weight is 337 g/mol. The third-order valence-electron chi connectivity index (χ3n) is 4.10. The largest absolute Gasteiger partial charge is 0.309 e. The summed E-state index contributed by atoms with van der Waals surface area (Å²) in [6, 6.07) is 10.2. The first-order chi connectivity index (χ1) is 12.1. The summed E-state index contributed by atoms with van der Waals surface area (Å²) in [5.74, 6) is -0.0825. The summed E-state index contributed by atoms with van der Waals surface area (Å²) in [4.78, 5) is 16.7. The number of amides is 1. The lowest BCUT2D eigenvalue weighted by Gasteiger charge is -2.08. The summed E-state index contributed by atoms with van der Waals surface area (Å²) in [6.07, 6.45) is 3.91. The van der Waals surface area contributed by atoms with Gasteiger partial charge in [-0.05, 0) is 49.6 Å². The highest BCUT2D eigenvalue weighted by Gasteiger charge is 2.27. The molecule has 1 aromatic carbocycles. The number of carbonyl (C=O) groups excluding carboxylic acids is 1. The van der Waals surface area contributed by atoms with Crippen LogP contribution >= 0.6 is 0 Å². The van der Waals surface area contributed by atoms with Gasteiger partial charge in [0, 0.05) is 6.04 Å². The van der Waals surface area contributed by atoms with Gasteiger partial charge in [0.15, 0.2) is 5.82 Å². The molecule has 0 bridgehead atoms. The van der Waals surface area contributed by atoms with Crippen LogP contribution in [0.1, 0.15) is 34.8 Å². The van der Waals surface area contributed by atoms with Gasteiger partial charge in [0.2, 0.25) is 0 Å². The first-order valence-corrected chi connectivity index (χ1v) is 8.06. The number of benzene rings is 1. The monoisotopic (exact) mass is 337 g/mol. The van der Waals surface area contributed by atoms with Gasteiger partial charge in [0.25, 0.3) is 5.91 Å². The molecule has 6 nitrogen and oxygen atoms in total. The SMILES string of the molecule is Cc1ccc(C(=O)Nc2cccc(-c3nncn3C3CC3)n2)c(F)c1. The van der Waals surface area contributed by atoms with Crippen molar-refractivity contribution in [1.82, 2.24) is 19.7 Å². The van der Waals surface area contributed by atoms with Crippen LogP contribution in [0, 0.1) is 12.7 Å². The molecule has 4 rings (SSSR count). The summed E-state index contributed by atoms with van der Waals surface area (Å²) in [5.41, 5.74) is 1.36. The highest BCUT2D eigenvalue weighted by atomic mass is 19.1. The molecule has 0 aliphatic heterocycles. The Kier molecular flexibility index (Phi) is 3.76. The quantitative estimate of drug-likeness (QED) is 0.792. The summed E-state index contributed by atoms with van der Waals surface area (Å²) in [5, 5.41) is 10.7. The Hall–Kier alpha value is -3.09. The Morgan fingerprint density at radius 2 is 2.12 bits per heavy atom. The lowest BCUT2D eigenvalue weighted by Crippen LogP contribution is -2.15. The number of anilines is 1. The predicted molar refractivity (Wildman–Crippen MR) is 90.6 cm³/mol. The molecule has 0 radical (unpaired) electrons. The molecular weight excluding hydrogens is 321 g/mol. The second-order valence-electron chi connectivity index (χ2n) is 6.14. The van der Waals surface area contributed by atoms with Crippen LogP contribution < -0.4 is 5.32 Å². The summed E-state index contributed by atoms with van der Waals surface area (Å²) >= 11 is 0. The molecule has 1 aliphatic rings. The van der Waals surface area contributed by atoms with Crippen molar-refractivity contribution in [2.75, 3.05) is 5.32 Å². The van der Waals surface area contributed by atoms with Crippen molar-refractivity contribution in [3.8, 4) is 11.5 Å². The van der Waals surface area contributed by atoms with Gasteiger partial charge in [-0.25, -0.2) is 9.37 Å². The minimum absolute atomic E-state index is 0.0149. The number of nitrogens with one attached hydrogen (secondary N) is 1. The summed E-state index contributed by atoms with van der Waals surface area (Å²) in [6.45, 7) is 1.77. The Balaban J connectivity index is 1.59. The highest BCUT2D eigenvalue weighted by molar-refractivity contribution is 6.04. The molecule has 1 aliphatic carbocycles. The average Bonchev–Trinajstić information content (AvgIpc) is 3.31. The highest BCUT2D eigenvalue weighted by Crippen LogP contribution is 2.37. The Labute approximate surface area is 143 Å². The molecule has 7 heteroatoms. The number of hydrogen-bond acceptors (Lipinski definition) is 4. The molecule has 0 spiro atoms. The van der Waals surface area contributed by atoms with E-state index in [0.29, 0.717) is 23.4 Å². The molecule has 0 saturated heterocycles. The third kappa shape index (κ3) is 3.13. The van der Waals surface area contributed by atoms with Crippen LogP contribution in [0.4, 0.5) is 10.2 Å². The van der Waals surface area contributed by atoms with Gasteiger partial charge in [0.05, 0.1) is 5.56 Å². The Bertz CT molecular complexity index is 948. The Morgan fingerprint density at radius 3 is 2.88 bits per heavy atom. The van der Waals surface area contributed by atoms with Gasteiger partial charge in [0.1, 0.15) is 23.7 Å². The van der Waals surface area contributed by atoms with Crippen LogP contribution in [-0.4, -0.2) is 25.7 Å². The van der Waals surface area contributed by atoms with E-state index >= 15 is 0 Å². The fraction of sp³-hybridized carbons (Fsp3) is 0.222. The van der Waals surface area contributed by atoms with Crippen molar-refractivity contribution in [3.05, 3.63) is 59.7 Å². The molecule has 0 atom stereocenters. The molecule has 0 unspecified atom stereocenters. The zero-order chi connectivity index (χ0) is 17.4. The van der Waals surface area contributed by atoms with Gasteiger partial charge < -0.3 is 9.88 Å². The standard InChI is InChI=1S/C18H16FN5O/c1-11-5-8-13(14(19)9-11)18(25)22-16-4-2-3-15(21-16)17-23-20-10-24(17)12-6-7-12/h2-5,8-10,12H,6-7H2,1H3,(H,21,22,25). The maximum Gasteiger partial charge on any atom is 0.259 e. The number of halogens is 1. The van der Waals surface area contributed by atoms with Crippen LogP contribution in [0.2, 0.25) is 0 Å². The number of aromatic nitrogens is 4. The van der Waals surface area contributed by atoms with Gasteiger partial charge in [-0.1, -0.05) is 12.1 Å². The first kappa shape index (κ1) is 15.4. The van der Waals surface area contributed by atoms with Crippen LogP contribution in [0.5, 0.6) is 0 Å². The smallest absolute Gasteiger partial charge is 0.259 e. The van der Waals surface area contributed by atoms with Crippen LogP contribution in [0.25, 0.3) is 11.5 Å². The second kappa shape index (κ2) is 6.08. The second-order valence-corrected chi connectivity index (χ2v) is 6.14. The van der Waals surface area contributed by atoms with E-state index in [1.807, 2.05) is 10.6 Å². The van der Waals surface area contributed by atoms with Crippen molar-refractivity contribution in [3.63, 3.8) is 0 Å². The minimum atomic E-state index is -0.554. The van der Waals surface area contributed by atoms with E-state index in [-0.39, 0.29) is 5.56 Å². The predicted octanol–water partition coefficient (Wildman–Crippen LogP) is 3.37. The molecule has 126 valence electrons. The zero-order valence-corrected chi connectivity index (χ0v) is 13.6. The molecule has 1 fully saturated rings. The Morgan fingerprint density at radius 1 is 1.28 bits per heavy atom. The molecule has 3 aromatic rings. The van der Waals surface area contributed by atoms with Gasteiger partial charge in [-0.2, -0.15) is 0 Å². The number of nitrogens with zero attached hydrogens (tertiary/aromatic N) is 4. The third-order valence-corrected chi connectivity index (χ3v) is 4.10. The van der Waals surface area contributed by atoms with Crippen molar-refractivity contribution >= 4 is 11.7 Å². The molecule has 2 aromatic heterocycles. The zero-order valence-electron chi connectivity index (χ0n) is 13.6. The van der Waals surface area contributed by atoms with Gasteiger partial charge in [-0.15, -0.1) is 10.2 Å². The van der Waals surface area contributed by atoms with E-state index in [4.69, 9.17) is 0 Å². The summed E-state index contributed by atoms with van der Waals surface area (Å²) < 4.78 is 15.9. The van der Waals surface area contributed by atoms with Crippen LogP contribution in [-0.2, 0) is 0 Å². The molecule has 1 N–H and O–H groups in total. The van der Waals surface area contributed by atoms with Gasteiger partial charge in [-0.3, -0.25) is 4.79 Å². The molecule has 1 saturated carbocycles. The number of carbonyl (C=O) groups is 1. The van der Waals surface area contributed by atoms with E-state index in [1.165, 1.54) is 12.1 Å². The van der Waals surface area contributed by atoms with E-state index in [1.54, 1.807) is 31.5 Å². The lowest BCUT2D eigenvalue weighted by molar-refractivity contribution is 0.102. The lowest BCUT2D eigenvalue weighted by atomic mass is 10.1. The van der Waals surface area contributed by atoms with Crippen LogP contribution in [0.3, 0.4) is 0 Å². The van der Waals surface area contributed by atoms with E-state index in [2.05, 4.69) is 20.5 Å². The number of aryl methyl sites for hydroxylation is 1. The maximum absolute atomic E-state index is 14.0. The van der Waals surface area contributed by atoms with Crippen molar-refractivity contribution < 1.29 is 9.18 Å². The van der Waals surface area contributed by atoms with E-state index in [9.17, 15) is 9.18 Å². The van der Waals surface area contributed by atoms with E-state index in [0.717, 1.165) is 18.4 Å². The minimum Gasteiger partial charge on any atom is -0.309 e. The molecular formula is C18H16FN5O. The normalized spacial score (nSPS) is 13.7. The fourth-order valence-corrected chi connectivity index (χ4v) is 2.66. The topological polar surface area (TPSA) is 72.7 Å².